The number of unbranched alkanes of at least 4 members (excludes halogenated alkanes) is 12. The lowest BCUT2D eigenvalue weighted by molar-refractivity contribution is -0.151. The van der Waals surface area contributed by atoms with Crippen molar-refractivity contribution in [3.8, 4) is 5.75 Å². The second-order valence-electron chi connectivity index (χ2n) is 19.5. The van der Waals surface area contributed by atoms with Gasteiger partial charge in [0.05, 0.1) is 31.4 Å². The number of hydrogen-bond acceptors (Lipinski definition) is 9. The number of nitrogens with one attached hydrogen (secondary N) is 2. The van der Waals surface area contributed by atoms with E-state index in [9.17, 15) is 19.5 Å². The number of morpholine rings is 1. The molecule has 1 fully saturated rings. The van der Waals surface area contributed by atoms with Crippen LogP contribution in [-0.4, -0.2) is 91.3 Å². The van der Waals surface area contributed by atoms with Crippen molar-refractivity contribution in [2.24, 2.45) is 5.92 Å². The monoisotopic (exact) mass is 912 g/mol. The summed E-state index contributed by atoms with van der Waals surface area (Å²) in [5, 5.41) is 18.2. The van der Waals surface area contributed by atoms with Crippen LogP contribution in [0, 0.1) is 5.92 Å². The molecule has 5 atom stereocenters. The standard InChI is InChI=1S/C55H81N3O8/c1-5-6-7-8-9-10-11-12-13-14-15-16-20-27-51(60)65-50-41-44-25-21-22-26-47(44)52(50)57-53(61)45(38-43-28-30-46(31-29-43)64-37-34-58-32-35-63-36-33-58)40-49(59)48(39-42-23-18-17-19-24-42)56-54(62)66-55(2,3)4/h17-19,21-26,28-31,45,48-50,52,59H,5-16,20,27,32-41H2,1-4H3,(H,56,62)(H,57,61). The molecule has 3 N–H and O–H groups in total. The highest BCUT2D eigenvalue weighted by molar-refractivity contribution is 5.80. The van der Waals surface area contributed by atoms with E-state index in [0.29, 0.717) is 32.3 Å². The zero-order valence-electron chi connectivity index (χ0n) is 40.6. The first-order valence-electron chi connectivity index (χ1n) is 25.3. The number of benzene rings is 3. The van der Waals surface area contributed by atoms with E-state index in [2.05, 4.69) is 22.5 Å². The third-order valence-electron chi connectivity index (χ3n) is 12.8. The molecule has 1 heterocycles. The molecular formula is C55H81N3O8. The molecule has 3 aromatic rings. The maximum Gasteiger partial charge on any atom is 0.407 e. The highest BCUT2D eigenvalue weighted by Gasteiger charge is 2.38. The molecule has 1 aliphatic carbocycles. The smallest absolute Gasteiger partial charge is 0.407 e. The third kappa shape index (κ3) is 19.4. The molecule has 364 valence electrons. The lowest BCUT2D eigenvalue weighted by Gasteiger charge is -2.30. The van der Waals surface area contributed by atoms with E-state index in [4.69, 9.17) is 18.9 Å². The molecule has 0 bridgehead atoms. The van der Waals surface area contributed by atoms with Crippen LogP contribution in [-0.2, 0) is 43.1 Å². The molecule has 0 radical (unpaired) electrons. The minimum Gasteiger partial charge on any atom is -0.492 e. The topological polar surface area (TPSA) is 136 Å². The highest BCUT2D eigenvalue weighted by atomic mass is 16.6. The molecule has 0 aromatic heterocycles. The Bertz CT molecular complexity index is 1840. The van der Waals surface area contributed by atoms with Crippen molar-refractivity contribution in [3.63, 3.8) is 0 Å². The molecule has 66 heavy (non-hydrogen) atoms. The fourth-order valence-corrected chi connectivity index (χ4v) is 9.10. The van der Waals surface area contributed by atoms with Crippen molar-refractivity contribution < 1.29 is 38.4 Å². The lowest BCUT2D eigenvalue weighted by atomic mass is 9.88. The van der Waals surface area contributed by atoms with E-state index < -0.39 is 41.9 Å². The van der Waals surface area contributed by atoms with Crippen molar-refractivity contribution in [2.75, 3.05) is 39.5 Å². The summed E-state index contributed by atoms with van der Waals surface area (Å²) in [6.07, 6.45) is 15.3. The van der Waals surface area contributed by atoms with Gasteiger partial charge in [-0.25, -0.2) is 4.79 Å². The van der Waals surface area contributed by atoms with E-state index in [1.54, 1.807) is 20.8 Å². The summed E-state index contributed by atoms with van der Waals surface area (Å²) in [7, 11) is 0. The predicted molar refractivity (Wildman–Crippen MR) is 262 cm³/mol. The molecule has 0 spiro atoms. The molecule has 1 aliphatic heterocycles. The van der Waals surface area contributed by atoms with Gasteiger partial charge < -0.3 is 34.7 Å². The zero-order chi connectivity index (χ0) is 47.0. The summed E-state index contributed by atoms with van der Waals surface area (Å²) in [6.45, 7) is 12.3. The van der Waals surface area contributed by atoms with Crippen LogP contribution in [0.25, 0.3) is 0 Å². The van der Waals surface area contributed by atoms with Gasteiger partial charge in [-0.15, -0.1) is 0 Å². The van der Waals surface area contributed by atoms with Gasteiger partial charge in [0.25, 0.3) is 0 Å². The van der Waals surface area contributed by atoms with Crippen molar-refractivity contribution in [1.29, 1.82) is 0 Å². The van der Waals surface area contributed by atoms with E-state index in [0.717, 1.165) is 80.1 Å². The SMILES string of the molecule is CCCCCCCCCCCCCCCC(=O)OC1Cc2ccccc2C1NC(=O)C(Cc1ccc(OCCN2CCOCC2)cc1)CC(O)C(Cc1ccccc1)NC(=O)OC(C)(C)C. The Hall–Kier alpha value is -4.45. The fourth-order valence-electron chi connectivity index (χ4n) is 9.10. The molecule has 5 rings (SSSR count). The van der Waals surface area contributed by atoms with Crippen LogP contribution in [0.3, 0.4) is 0 Å². The molecule has 2 aliphatic rings. The van der Waals surface area contributed by atoms with Crippen molar-refractivity contribution >= 4 is 18.0 Å². The van der Waals surface area contributed by atoms with Crippen LogP contribution in [0.15, 0.2) is 78.9 Å². The van der Waals surface area contributed by atoms with Crippen molar-refractivity contribution in [2.45, 2.75) is 173 Å². The van der Waals surface area contributed by atoms with Crippen LogP contribution >= 0.6 is 0 Å². The summed E-state index contributed by atoms with van der Waals surface area (Å²) in [4.78, 5) is 43.5. The number of carbonyl (C=O) groups excluding carboxylic acids is 3. The fraction of sp³-hybridized carbons (Fsp3) is 0.618. The molecule has 11 heteroatoms. The molecule has 5 unspecified atom stereocenters. The minimum absolute atomic E-state index is 0.0504. The van der Waals surface area contributed by atoms with E-state index >= 15 is 0 Å². The Morgan fingerprint density at radius 1 is 0.773 bits per heavy atom. The van der Waals surface area contributed by atoms with Gasteiger partial charge in [0.15, 0.2) is 0 Å². The molecule has 2 amide bonds. The average molecular weight is 912 g/mol. The number of aliphatic hydroxyl groups excluding tert-OH is 1. The normalized spacial score (nSPS) is 17.6. The Balaban J connectivity index is 1.23. The van der Waals surface area contributed by atoms with Crippen LogP contribution < -0.4 is 15.4 Å². The Morgan fingerprint density at radius 3 is 2.03 bits per heavy atom. The number of rotatable bonds is 29. The Labute approximate surface area is 396 Å². The van der Waals surface area contributed by atoms with Gasteiger partial charge in [-0.3, -0.25) is 14.5 Å². The van der Waals surface area contributed by atoms with Crippen molar-refractivity contribution in [1.82, 2.24) is 15.5 Å². The number of ether oxygens (including phenoxy) is 4. The number of carbonyl (C=O) groups is 3. The number of aliphatic hydroxyl groups is 1. The largest absolute Gasteiger partial charge is 0.492 e. The molecule has 3 aromatic carbocycles. The summed E-state index contributed by atoms with van der Waals surface area (Å²) < 4.78 is 23.3. The third-order valence-corrected chi connectivity index (χ3v) is 12.8. The number of alkyl carbamates (subject to hydrolysis) is 1. The first kappa shape index (κ1) is 52.5. The Morgan fingerprint density at radius 2 is 1.38 bits per heavy atom. The maximum atomic E-state index is 14.7. The number of fused-ring (bicyclic) bond motifs is 1. The van der Waals surface area contributed by atoms with Gasteiger partial charge in [0.2, 0.25) is 5.91 Å². The number of nitrogens with zero attached hydrogens (tertiary/aromatic N) is 1. The van der Waals surface area contributed by atoms with E-state index in [-0.39, 0.29) is 18.3 Å². The van der Waals surface area contributed by atoms with Crippen LogP contribution in [0.5, 0.6) is 5.75 Å². The van der Waals surface area contributed by atoms with E-state index in [1.165, 1.54) is 64.2 Å². The van der Waals surface area contributed by atoms with Crippen LogP contribution in [0.1, 0.15) is 152 Å². The average Bonchev–Trinajstić information content (AvgIpc) is 3.63. The quantitative estimate of drug-likeness (QED) is 0.0459. The van der Waals surface area contributed by atoms with Crippen LogP contribution in [0.2, 0.25) is 0 Å². The van der Waals surface area contributed by atoms with Crippen molar-refractivity contribution in [3.05, 3.63) is 101 Å². The Kier molecular flexibility index (Phi) is 22.8. The highest BCUT2D eigenvalue weighted by Crippen LogP contribution is 2.35. The first-order valence-corrected chi connectivity index (χ1v) is 25.3. The van der Waals surface area contributed by atoms with Gasteiger partial charge in [-0.2, -0.15) is 0 Å². The van der Waals surface area contributed by atoms with Gasteiger partial charge in [0.1, 0.15) is 24.1 Å². The molecule has 1 saturated heterocycles. The summed E-state index contributed by atoms with van der Waals surface area (Å²) in [5.41, 5.74) is 3.05. The predicted octanol–water partition coefficient (Wildman–Crippen LogP) is 10.2. The number of hydrogen-bond donors (Lipinski definition) is 3. The number of esters is 1. The molecule has 0 saturated carbocycles. The second kappa shape index (κ2) is 28.7. The van der Waals surface area contributed by atoms with Gasteiger partial charge in [-0.1, -0.05) is 151 Å². The summed E-state index contributed by atoms with van der Waals surface area (Å²) in [5.74, 6) is -0.480. The minimum atomic E-state index is -1.11. The first-order chi connectivity index (χ1) is 32.0. The van der Waals surface area contributed by atoms with E-state index in [1.807, 2.05) is 78.9 Å². The zero-order valence-corrected chi connectivity index (χ0v) is 40.6. The van der Waals surface area contributed by atoms with Gasteiger partial charge >= 0.3 is 12.1 Å². The molecular weight excluding hydrogens is 831 g/mol. The molecule has 11 nitrogen and oxygen atoms in total. The van der Waals surface area contributed by atoms with Gasteiger partial charge in [-0.05, 0) is 80.8 Å². The lowest BCUT2D eigenvalue weighted by Crippen LogP contribution is -2.48. The maximum absolute atomic E-state index is 14.7. The van der Waals surface area contributed by atoms with Crippen LogP contribution in [0.4, 0.5) is 4.79 Å². The summed E-state index contributed by atoms with van der Waals surface area (Å²) >= 11 is 0. The number of amides is 2. The second-order valence-corrected chi connectivity index (χ2v) is 19.5. The van der Waals surface area contributed by atoms with Gasteiger partial charge in [0, 0.05) is 38.4 Å². The summed E-state index contributed by atoms with van der Waals surface area (Å²) in [6, 6.07) is 24.0.